The normalized spacial score (nSPS) is 16.8. The average molecular weight is 385 g/mol. The van der Waals surface area contributed by atoms with Crippen LogP contribution in [0, 0.1) is 3.57 Å². The number of piperazine rings is 1. The Hall–Kier alpha value is -0.660. The Labute approximate surface area is 131 Å². The largest absolute Gasteiger partial charge is 0.346 e. The third-order valence-corrected chi connectivity index (χ3v) is 4.93. The maximum absolute atomic E-state index is 4.38. The molecular formula is C14H16IN3S. The highest BCUT2D eigenvalue weighted by Gasteiger charge is 2.18. The molecule has 0 bridgehead atoms. The molecule has 1 fully saturated rings. The molecule has 2 heterocycles. The highest BCUT2D eigenvalue weighted by atomic mass is 127. The van der Waals surface area contributed by atoms with Gasteiger partial charge in [-0.1, -0.05) is 12.1 Å². The third kappa shape index (κ3) is 3.46. The van der Waals surface area contributed by atoms with Gasteiger partial charge in [0, 0.05) is 47.9 Å². The summed E-state index contributed by atoms with van der Waals surface area (Å²) in [6.07, 6.45) is 1.89. The fourth-order valence-electron chi connectivity index (χ4n) is 2.32. The molecule has 0 radical (unpaired) electrons. The van der Waals surface area contributed by atoms with Gasteiger partial charge in [0.25, 0.3) is 0 Å². The summed E-state index contributed by atoms with van der Waals surface area (Å²) in [6.45, 7) is 5.45. The van der Waals surface area contributed by atoms with Crippen LogP contribution in [0.5, 0.6) is 0 Å². The Morgan fingerprint density at radius 3 is 2.47 bits per heavy atom. The van der Waals surface area contributed by atoms with Gasteiger partial charge in [-0.3, -0.25) is 4.90 Å². The van der Waals surface area contributed by atoms with Crippen LogP contribution >= 0.6 is 33.9 Å². The van der Waals surface area contributed by atoms with Gasteiger partial charge in [-0.05, 0) is 40.3 Å². The van der Waals surface area contributed by atoms with Gasteiger partial charge >= 0.3 is 0 Å². The predicted molar refractivity (Wildman–Crippen MR) is 88.8 cm³/mol. The van der Waals surface area contributed by atoms with Crippen molar-refractivity contribution in [3.05, 3.63) is 45.0 Å². The van der Waals surface area contributed by atoms with Gasteiger partial charge in [0.15, 0.2) is 5.13 Å². The lowest BCUT2D eigenvalue weighted by Crippen LogP contribution is -2.45. The summed E-state index contributed by atoms with van der Waals surface area (Å²) in [4.78, 5) is 9.29. The number of halogens is 1. The second-order valence-corrected chi connectivity index (χ2v) is 6.82. The zero-order chi connectivity index (χ0) is 13.1. The average Bonchev–Trinajstić information content (AvgIpc) is 2.96. The van der Waals surface area contributed by atoms with Crippen molar-refractivity contribution in [3.63, 3.8) is 0 Å². The van der Waals surface area contributed by atoms with Gasteiger partial charge in [-0.15, -0.1) is 11.3 Å². The molecule has 3 rings (SSSR count). The first kappa shape index (κ1) is 13.3. The summed E-state index contributed by atoms with van der Waals surface area (Å²) in [6, 6.07) is 8.83. The summed E-state index contributed by atoms with van der Waals surface area (Å²) in [5, 5.41) is 3.21. The van der Waals surface area contributed by atoms with Crippen LogP contribution in [0.3, 0.4) is 0 Å². The molecule has 0 N–H and O–H groups in total. The maximum Gasteiger partial charge on any atom is 0.185 e. The molecule has 3 nitrogen and oxygen atoms in total. The molecule has 0 unspecified atom stereocenters. The zero-order valence-electron chi connectivity index (χ0n) is 10.6. The summed E-state index contributed by atoms with van der Waals surface area (Å²) >= 11 is 4.08. The molecule has 0 saturated carbocycles. The van der Waals surface area contributed by atoms with Crippen molar-refractivity contribution < 1.29 is 0 Å². The number of thiazole rings is 1. The van der Waals surface area contributed by atoms with E-state index in [0.29, 0.717) is 0 Å². The summed E-state index contributed by atoms with van der Waals surface area (Å²) < 4.78 is 1.30. The molecule has 1 aliphatic rings. The number of hydrogen-bond donors (Lipinski definition) is 0. The highest BCUT2D eigenvalue weighted by molar-refractivity contribution is 14.1. The Bertz CT molecular complexity index is 504. The quantitative estimate of drug-likeness (QED) is 0.758. The molecule has 5 heteroatoms. The third-order valence-electron chi connectivity index (χ3n) is 3.38. The van der Waals surface area contributed by atoms with Crippen LogP contribution in [0.2, 0.25) is 0 Å². The lowest BCUT2D eigenvalue weighted by Gasteiger charge is -2.34. The second kappa shape index (κ2) is 6.19. The molecule has 19 heavy (non-hydrogen) atoms. The van der Waals surface area contributed by atoms with E-state index in [1.807, 2.05) is 11.6 Å². The van der Waals surface area contributed by atoms with Gasteiger partial charge in [-0.2, -0.15) is 0 Å². The molecule has 1 aromatic heterocycles. The van der Waals surface area contributed by atoms with Crippen LogP contribution in [0.4, 0.5) is 5.13 Å². The van der Waals surface area contributed by atoms with Gasteiger partial charge in [0.1, 0.15) is 0 Å². The fraction of sp³-hybridized carbons (Fsp3) is 0.357. The van der Waals surface area contributed by atoms with Crippen LogP contribution < -0.4 is 4.90 Å². The van der Waals surface area contributed by atoms with Crippen LogP contribution in [0.15, 0.2) is 35.8 Å². The number of nitrogens with zero attached hydrogens (tertiary/aromatic N) is 3. The SMILES string of the molecule is Ic1ccc(CN2CCN(c3nccs3)CC2)cc1. The molecule has 0 atom stereocenters. The molecule has 0 aliphatic carbocycles. The zero-order valence-corrected chi connectivity index (χ0v) is 13.6. The Morgan fingerprint density at radius 2 is 1.84 bits per heavy atom. The highest BCUT2D eigenvalue weighted by Crippen LogP contribution is 2.19. The molecule has 100 valence electrons. The predicted octanol–water partition coefficient (Wildman–Crippen LogP) is 3.07. The molecule has 0 amide bonds. The van der Waals surface area contributed by atoms with Crippen molar-refractivity contribution in [3.8, 4) is 0 Å². The van der Waals surface area contributed by atoms with Crippen LogP contribution in [0.25, 0.3) is 0 Å². The Kier molecular flexibility index (Phi) is 4.35. The van der Waals surface area contributed by atoms with E-state index in [9.17, 15) is 0 Å². The van der Waals surface area contributed by atoms with E-state index in [2.05, 4.69) is 61.6 Å². The van der Waals surface area contributed by atoms with Crippen molar-refractivity contribution in [2.24, 2.45) is 0 Å². The molecular weight excluding hydrogens is 369 g/mol. The van der Waals surface area contributed by atoms with E-state index in [-0.39, 0.29) is 0 Å². The Morgan fingerprint density at radius 1 is 1.11 bits per heavy atom. The van der Waals surface area contributed by atoms with Crippen molar-refractivity contribution >= 4 is 39.1 Å². The van der Waals surface area contributed by atoms with E-state index in [1.165, 1.54) is 9.13 Å². The standard InChI is InChI=1S/C14H16IN3S/c15-13-3-1-12(2-4-13)11-17-6-8-18(9-7-17)14-16-5-10-19-14/h1-5,10H,6-9,11H2. The lowest BCUT2D eigenvalue weighted by molar-refractivity contribution is 0.250. The fourth-order valence-corrected chi connectivity index (χ4v) is 3.37. The number of benzene rings is 1. The van der Waals surface area contributed by atoms with E-state index in [0.717, 1.165) is 37.9 Å². The molecule has 0 spiro atoms. The lowest BCUT2D eigenvalue weighted by atomic mass is 10.2. The van der Waals surface area contributed by atoms with Gasteiger partial charge in [0.05, 0.1) is 0 Å². The number of hydrogen-bond acceptors (Lipinski definition) is 4. The van der Waals surface area contributed by atoms with Gasteiger partial charge < -0.3 is 4.90 Å². The number of aromatic nitrogens is 1. The van der Waals surface area contributed by atoms with Crippen LogP contribution in [-0.4, -0.2) is 36.1 Å². The minimum Gasteiger partial charge on any atom is -0.346 e. The van der Waals surface area contributed by atoms with E-state index in [4.69, 9.17) is 0 Å². The van der Waals surface area contributed by atoms with Crippen molar-refractivity contribution in [1.29, 1.82) is 0 Å². The van der Waals surface area contributed by atoms with Gasteiger partial charge in [-0.25, -0.2) is 4.98 Å². The molecule has 2 aromatic rings. The molecule has 1 aromatic carbocycles. The number of rotatable bonds is 3. The Balaban J connectivity index is 1.54. The smallest absolute Gasteiger partial charge is 0.185 e. The van der Waals surface area contributed by atoms with E-state index >= 15 is 0 Å². The van der Waals surface area contributed by atoms with Crippen molar-refractivity contribution in [1.82, 2.24) is 9.88 Å². The number of anilines is 1. The van der Waals surface area contributed by atoms with Crippen LogP contribution in [-0.2, 0) is 6.54 Å². The van der Waals surface area contributed by atoms with Crippen molar-refractivity contribution in [2.45, 2.75) is 6.54 Å². The first-order valence-electron chi connectivity index (χ1n) is 6.42. The minimum atomic E-state index is 1.06. The summed E-state index contributed by atoms with van der Waals surface area (Å²) in [5.74, 6) is 0. The van der Waals surface area contributed by atoms with Crippen molar-refractivity contribution in [2.75, 3.05) is 31.1 Å². The topological polar surface area (TPSA) is 19.4 Å². The summed E-state index contributed by atoms with van der Waals surface area (Å²) in [7, 11) is 0. The monoisotopic (exact) mass is 385 g/mol. The maximum atomic E-state index is 4.38. The van der Waals surface area contributed by atoms with Crippen LogP contribution in [0.1, 0.15) is 5.56 Å². The minimum absolute atomic E-state index is 1.06. The molecule has 1 aliphatic heterocycles. The van der Waals surface area contributed by atoms with Gasteiger partial charge in [0.2, 0.25) is 0 Å². The molecule has 1 saturated heterocycles. The van der Waals surface area contributed by atoms with E-state index < -0.39 is 0 Å². The first-order valence-corrected chi connectivity index (χ1v) is 8.38. The first-order chi connectivity index (χ1) is 9.31. The van der Waals surface area contributed by atoms with E-state index in [1.54, 1.807) is 11.3 Å². The second-order valence-electron chi connectivity index (χ2n) is 4.70. The summed E-state index contributed by atoms with van der Waals surface area (Å²) in [5.41, 5.74) is 1.41.